The van der Waals surface area contributed by atoms with Crippen molar-refractivity contribution in [3.8, 4) is 11.5 Å². The van der Waals surface area contributed by atoms with Crippen LogP contribution in [0.3, 0.4) is 0 Å². The number of carbonyl (C=O) groups is 1. The molecule has 6 heteroatoms. The summed E-state index contributed by atoms with van der Waals surface area (Å²) in [7, 11) is 1.63. The van der Waals surface area contributed by atoms with Crippen molar-refractivity contribution in [2.75, 3.05) is 25.2 Å². The van der Waals surface area contributed by atoms with Gasteiger partial charge in [-0.1, -0.05) is 56.3 Å². The van der Waals surface area contributed by atoms with Crippen LogP contribution in [0.1, 0.15) is 49.9 Å². The van der Waals surface area contributed by atoms with E-state index in [0.717, 1.165) is 34.7 Å². The van der Waals surface area contributed by atoms with Gasteiger partial charge in [0.05, 0.1) is 30.4 Å². The van der Waals surface area contributed by atoms with Gasteiger partial charge in [-0.15, -0.1) is 0 Å². The Labute approximate surface area is 212 Å². The third-order valence-electron chi connectivity index (χ3n) is 7.18. The number of anilines is 1. The van der Waals surface area contributed by atoms with Gasteiger partial charge >= 0.3 is 0 Å². The van der Waals surface area contributed by atoms with E-state index in [4.69, 9.17) is 14.5 Å². The van der Waals surface area contributed by atoms with Gasteiger partial charge in [0.1, 0.15) is 23.9 Å². The molecule has 0 aliphatic carbocycles. The number of nitrogens with zero attached hydrogens (tertiary/aromatic N) is 3. The molecular weight excluding hydrogens is 450 g/mol. The molecule has 1 aliphatic rings. The van der Waals surface area contributed by atoms with Crippen LogP contribution < -0.4 is 14.4 Å². The third-order valence-corrected chi connectivity index (χ3v) is 7.18. The molecule has 4 aromatic rings. The van der Waals surface area contributed by atoms with Crippen LogP contribution in [0.5, 0.6) is 11.5 Å². The minimum Gasteiger partial charge on any atom is -0.495 e. The average molecular weight is 484 g/mol. The maximum absolute atomic E-state index is 13.1. The van der Waals surface area contributed by atoms with Gasteiger partial charge in [0, 0.05) is 18.9 Å². The Balaban J connectivity index is 1.40. The van der Waals surface area contributed by atoms with Crippen molar-refractivity contribution < 1.29 is 14.3 Å². The molecule has 0 unspecified atom stereocenters. The van der Waals surface area contributed by atoms with E-state index in [1.54, 1.807) is 7.11 Å². The normalized spacial score (nSPS) is 16.5. The van der Waals surface area contributed by atoms with Gasteiger partial charge < -0.3 is 18.9 Å². The number of para-hydroxylation sites is 5. The van der Waals surface area contributed by atoms with E-state index in [1.807, 2.05) is 53.4 Å². The fraction of sp³-hybridized carbons (Fsp3) is 0.333. The molecule has 0 bridgehead atoms. The molecule has 1 aromatic heterocycles. The smallest absolute Gasteiger partial charge is 0.227 e. The van der Waals surface area contributed by atoms with E-state index in [-0.39, 0.29) is 11.8 Å². The number of imidazole rings is 1. The van der Waals surface area contributed by atoms with Gasteiger partial charge in [0.25, 0.3) is 0 Å². The molecule has 5 rings (SSSR count). The summed E-state index contributed by atoms with van der Waals surface area (Å²) in [5.74, 6) is 3.09. The highest BCUT2D eigenvalue weighted by Crippen LogP contribution is 2.37. The molecule has 1 aliphatic heterocycles. The van der Waals surface area contributed by atoms with E-state index in [9.17, 15) is 4.79 Å². The van der Waals surface area contributed by atoms with Crippen LogP contribution in [0.2, 0.25) is 0 Å². The van der Waals surface area contributed by atoms with Crippen LogP contribution in [0, 0.1) is 0 Å². The molecule has 0 spiro atoms. The highest BCUT2D eigenvalue weighted by atomic mass is 16.5. The lowest BCUT2D eigenvalue weighted by molar-refractivity contribution is -0.117. The van der Waals surface area contributed by atoms with Crippen molar-refractivity contribution in [3.05, 3.63) is 84.2 Å². The van der Waals surface area contributed by atoms with Gasteiger partial charge in [0.2, 0.25) is 5.91 Å². The minimum atomic E-state index is -0.0118. The van der Waals surface area contributed by atoms with E-state index >= 15 is 0 Å². The molecule has 186 valence electrons. The summed E-state index contributed by atoms with van der Waals surface area (Å²) >= 11 is 0. The molecule has 2 heterocycles. The first-order valence-electron chi connectivity index (χ1n) is 12.7. The summed E-state index contributed by atoms with van der Waals surface area (Å²) in [6.45, 7) is 6.18. The zero-order valence-corrected chi connectivity index (χ0v) is 21.2. The maximum atomic E-state index is 13.1. The monoisotopic (exact) mass is 483 g/mol. The van der Waals surface area contributed by atoms with Crippen molar-refractivity contribution >= 4 is 22.6 Å². The average Bonchev–Trinajstić information content (AvgIpc) is 3.48. The minimum absolute atomic E-state index is 0.0118. The summed E-state index contributed by atoms with van der Waals surface area (Å²) in [5, 5.41) is 0. The molecule has 1 amide bonds. The topological polar surface area (TPSA) is 56.6 Å². The van der Waals surface area contributed by atoms with Gasteiger partial charge in [-0.05, 0) is 48.2 Å². The number of benzene rings is 3. The van der Waals surface area contributed by atoms with Crippen LogP contribution in [-0.2, 0) is 11.3 Å². The predicted molar refractivity (Wildman–Crippen MR) is 143 cm³/mol. The zero-order valence-electron chi connectivity index (χ0n) is 21.2. The van der Waals surface area contributed by atoms with Crippen LogP contribution in [0.4, 0.5) is 5.69 Å². The number of aromatic nitrogens is 2. The maximum Gasteiger partial charge on any atom is 0.227 e. The molecule has 0 N–H and O–H groups in total. The fourth-order valence-corrected chi connectivity index (χ4v) is 5.09. The van der Waals surface area contributed by atoms with Crippen LogP contribution in [0.25, 0.3) is 11.0 Å². The van der Waals surface area contributed by atoms with Crippen molar-refractivity contribution in [3.63, 3.8) is 0 Å². The first kappa shape index (κ1) is 23.9. The van der Waals surface area contributed by atoms with E-state index in [2.05, 4.69) is 42.7 Å². The van der Waals surface area contributed by atoms with Crippen LogP contribution in [-0.4, -0.2) is 35.7 Å². The summed E-state index contributed by atoms with van der Waals surface area (Å²) in [4.78, 5) is 19.9. The van der Waals surface area contributed by atoms with Crippen LogP contribution >= 0.6 is 0 Å². The molecular formula is C30H33N3O3. The number of hydrogen-bond donors (Lipinski definition) is 0. The van der Waals surface area contributed by atoms with Gasteiger partial charge in [-0.2, -0.15) is 0 Å². The first-order chi connectivity index (χ1) is 17.6. The van der Waals surface area contributed by atoms with Crippen molar-refractivity contribution in [2.24, 2.45) is 0 Å². The second kappa shape index (κ2) is 10.4. The SMILES string of the molecule is CC[C@@H](C)c1ccccc1OCCn1c([C@H]2CC(=O)N(c3ccccc3OC)C2)nc2ccccc21. The Bertz CT molecular complexity index is 1360. The Morgan fingerprint density at radius 1 is 1.00 bits per heavy atom. The van der Waals surface area contributed by atoms with E-state index < -0.39 is 0 Å². The molecule has 3 aromatic carbocycles. The molecule has 1 fully saturated rings. The summed E-state index contributed by atoms with van der Waals surface area (Å²) in [5.41, 5.74) is 4.05. The predicted octanol–water partition coefficient (Wildman–Crippen LogP) is 6.16. The Morgan fingerprint density at radius 2 is 1.72 bits per heavy atom. The summed E-state index contributed by atoms with van der Waals surface area (Å²) in [6.07, 6.45) is 1.48. The van der Waals surface area contributed by atoms with Gasteiger partial charge in [-0.25, -0.2) is 4.98 Å². The first-order valence-corrected chi connectivity index (χ1v) is 12.7. The molecule has 0 radical (unpaired) electrons. The van der Waals surface area contributed by atoms with E-state index in [1.165, 1.54) is 5.56 Å². The second-order valence-corrected chi connectivity index (χ2v) is 9.38. The Kier molecular flexibility index (Phi) is 6.94. The lowest BCUT2D eigenvalue weighted by Crippen LogP contribution is -2.25. The standard InChI is InChI=1S/C30H33N3O3/c1-4-21(2)23-11-5-9-15-27(23)36-18-17-32-25-13-7-6-12-24(25)31-30(32)22-19-29(34)33(20-22)26-14-8-10-16-28(26)35-3/h5-16,21-22H,4,17-20H2,1-3H3/t21-,22+/m1/s1. The van der Waals surface area contributed by atoms with Gasteiger partial charge in [-0.3, -0.25) is 4.79 Å². The highest BCUT2D eigenvalue weighted by molar-refractivity contribution is 5.97. The largest absolute Gasteiger partial charge is 0.495 e. The molecule has 1 saturated heterocycles. The second-order valence-electron chi connectivity index (χ2n) is 9.38. The Morgan fingerprint density at radius 3 is 2.53 bits per heavy atom. The highest BCUT2D eigenvalue weighted by Gasteiger charge is 2.36. The number of methoxy groups -OCH3 is 1. The Hall–Kier alpha value is -3.80. The number of carbonyl (C=O) groups excluding carboxylic acids is 1. The molecule has 2 atom stereocenters. The number of ether oxygens (including phenoxy) is 2. The van der Waals surface area contributed by atoms with Crippen molar-refractivity contribution in [1.29, 1.82) is 0 Å². The molecule has 36 heavy (non-hydrogen) atoms. The summed E-state index contributed by atoms with van der Waals surface area (Å²) < 4.78 is 14.0. The van der Waals surface area contributed by atoms with Gasteiger partial charge in [0.15, 0.2) is 0 Å². The fourth-order valence-electron chi connectivity index (χ4n) is 5.09. The number of rotatable bonds is 9. The molecule has 6 nitrogen and oxygen atoms in total. The lowest BCUT2D eigenvalue weighted by atomic mass is 9.98. The molecule has 0 saturated carbocycles. The van der Waals surface area contributed by atoms with Crippen LogP contribution in [0.15, 0.2) is 72.8 Å². The number of fused-ring (bicyclic) bond motifs is 1. The van der Waals surface area contributed by atoms with E-state index in [0.29, 0.717) is 37.8 Å². The van der Waals surface area contributed by atoms with Crippen molar-refractivity contribution in [2.45, 2.75) is 45.1 Å². The number of amides is 1. The summed E-state index contributed by atoms with van der Waals surface area (Å²) in [6, 6.07) is 24.1. The zero-order chi connectivity index (χ0) is 25.1. The number of hydrogen-bond acceptors (Lipinski definition) is 4. The quantitative estimate of drug-likeness (QED) is 0.286. The van der Waals surface area contributed by atoms with Crippen molar-refractivity contribution in [1.82, 2.24) is 9.55 Å². The third kappa shape index (κ3) is 4.55. The lowest BCUT2D eigenvalue weighted by Gasteiger charge is -2.20.